The molecule has 2 heterocycles. The third-order valence-corrected chi connectivity index (χ3v) is 5.41. The van der Waals surface area contributed by atoms with Gasteiger partial charge in [-0.05, 0) is 37.5 Å². The number of furan rings is 1. The van der Waals surface area contributed by atoms with Gasteiger partial charge in [-0.25, -0.2) is 4.79 Å². The summed E-state index contributed by atoms with van der Waals surface area (Å²) in [6.07, 6.45) is -0.110. The molecule has 0 unspecified atom stereocenters. The number of amides is 1. The van der Waals surface area contributed by atoms with E-state index in [4.69, 9.17) is 13.9 Å². The highest BCUT2D eigenvalue weighted by molar-refractivity contribution is 5.97. The molecule has 6 heteroatoms. The maximum Gasteiger partial charge on any atom is 0.375 e. The fourth-order valence-electron chi connectivity index (χ4n) is 3.82. The molecule has 2 aromatic carbocycles. The zero-order valence-corrected chi connectivity index (χ0v) is 17.2. The molecular formula is C24H25NO5. The summed E-state index contributed by atoms with van der Waals surface area (Å²) in [7, 11) is 0. The van der Waals surface area contributed by atoms with E-state index in [-0.39, 0.29) is 18.3 Å². The maximum atomic E-state index is 12.9. The van der Waals surface area contributed by atoms with Gasteiger partial charge in [-0.15, -0.1) is 0 Å². The number of ether oxygens (including phenoxy) is 2. The van der Waals surface area contributed by atoms with Crippen LogP contribution in [0.1, 0.15) is 41.1 Å². The summed E-state index contributed by atoms with van der Waals surface area (Å²) in [5.74, 6) is -0.771. The number of nitrogens with zero attached hydrogens (tertiary/aromatic N) is 1. The van der Waals surface area contributed by atoms with Gasteiger partial charge in [0.2, 0.25) is 5.76 Å². The van der Waals surface area contributed by atoms with Crippen LogP contribution in [0, 0.1) is 0 Å². The Morgan fingerprint density at radius 1 is 1.10 bits per heavy atom. The molecule has 0 bridgehead atoms. The van der Waals surface area contributed by atoms with E-state index in [2.05, 4.69) is 6.07 Å². The molecule has 1 atom stereocenters. The third-order valence-electron chi connectivity index (χ3n) is 5.41. The molecule has 0 radical (unpaired) electrons. The molecule has 0 fully saturated rings. The van der Waals surface area contributed by atoms with E-state index in [1.807, 2.05) is 43.3 Å². The van der Waals surface area contributed by atoms with Gasteiger partial charge in [0.25, 0.3) is 5.91 Å². The number of para-hydroxylation sites is 1. The van der Waals surface area contributed by atoms with E-state index in [1.54, 1.807) is 17.9 Å². The van der Waals surface area contributed by atoms with Crippen LogP contribution in [0.2, 0.25) is 0 Å². The van der Waals surface area contributed by atoms with Crippen LogP contribution in [0.25, 0.3) is 11.0 Å². The zero-order valence-electron chi connectivity index (χ0n) is 17.2. The van der Waals surface area contributed by atoms with Gasteiger partial charge in [-0.2, -0.15) is 0 Å². The van der Waals surface area contributed by atoms with Crippen LogP contribution < -0.4 is 0 Å². The quantitative estimate of drug-likeness (QED) is 0.576. The molecule has 0 saturated carbocycles. The lowest BCUT2D eigenvalue weighted by atomic mass is 9.99. The molecule has 0 spiro atoms. The number of benzene rings is 2. The molecule has 30 heavy (non-hydrogen) atoms. The summed E-state index contributed by atoms with van der Waals surface area (Å²) in [6.45, 7) is 5.38. The Hall–Kier alpha value is -3.12. The Labute approximate surface area is 175 Å². The molecule has 4 rings (SSSR count). The number of fused-ring (bicyclic) bond motifs is 2. The fraction of sp³-hybridized carbons (Fsp3) is 0.333. The average molecular weight is 407 g/mol. The number of esters is 1. The van der Waals surface area contributed by atoms with Crippen LogP contribution >= 0.6 is 0 Å². The van der Waals surface area contributed by atoms with Crippen molar-refractivity contribution in [3.8, 4) is 0 Å². The first-order valence-electron chi connectivity index (χ1n) is 10.2. The first-order valence-corrected chi connectivity index (χ1v) is 10.2. The minimum absolute atomic E-state index is 0.0910. The van der Waals surface area contributed by atoms with Gasteiger partial charge >= 0.3 is 5.97 Å². The van der Waals surface area contributed by atoms with Gasteiger partial charge in [-0.1, -0.05) is 42.5 Å². The lowest BCUT2D eigenvalue weighted by Gasteiger charge is -2.30. The van der Waals surface area contributed by atoms with Crippen molar-refractivity contribution < 1.29 is 23.5 Å². The number of hydrogen-bond donors (Lipinski definition) is 0. The van der Waals surface area contributed by atoms with E-state index in [0.717, 1.165) is 17.4 Å². The van der Waals surface area contributed by atoms with Crippen molar-refractivity contribution in [2.75, 3.05) is 13.2 Å². The largest absolute Gasteiger partial charge is 0.449 e. The molecule has 3 aromatic rings. The smallest absolute Gasteiger partial charge is 0.375 e. The summed E-state index contributed by atoms with van der Waals surface area (Å²) in [4.78, 5) is 27.5. The summed E-state index contributed by atoms with van der Waals surface area (Å²) in [5, 5.41) is 0.810. The van der Waals surface area contributed by atoms with Crippen molar-refractivity contribution in [2.24, 2.45) is 0 Å². The SMILES string of the molecule is CCOCc1c(C(=O)O[C@H](C)C(=O)N2CCc3ccccc3C2)oc2ccccc12. The highest BCUT2D eigenvalue weighted by Gasteiger charge is 2.29. The second kappa shape index (κ2) is 8.71. The van der Waals surface area contributed by atoms with E-state index in [0.29, 0.717) is 30.8 Å². The average Bonchev–Trinajstić information content (AvgIpc) is 3.15. The Bertz CT molecular complexity index is 1070. The normalized spacial score (nSPS) is 14.4. The van der Waals surface area contributed by atoms with Crippen molar-refractivity contribution in [1.82, 2.24) is 4.90 Å². The van der Waals surface area contributed by atoms with Crippen LogP contribution in [0.5, 0.6) is 0 Å². The summed E-state index contributed by atoms with van der Waals surface area (Å²) in [5.41, 5.74) is 3.62. The maximum absolute atomic E-state index is 12.9. The summed E-state index contributed by atoms with van der Waals surface area (Å²) < 4.78 is 16.8. The molecule has 1 aliphatic rings. The molecule has 156 valence electrons. The van der Waals surface area contributed by atoms with Crippen LogP contribution in [-0.4, -0.2) is 36.0 Å². The number of rotatable bonds is 6. The molecule has 0 saturated heterocycles. The molecule has 1 aliphatic heterocycles. The standard InChI is InChI=1S/C24H25NO5/c1-3-28-15-20-19-10-6-7-11-21(19)30-22(20)24(27)29-16(2)23(26)25-13-12-17-8-4-5-9-18(17)14-25/h4-11,16H,3,12-15H2,1-2H3/t16-/m1/s1. The van der Waals surface area contributed by atoms with Crippen LogP contribution in [0.4, 0.5) is 0 Å². The second-order valence-electron chi connectivity index (χ2n) is 7.37. The summed E-state index contributed by atoms with van der Waals surface area (Å²) in [6, 6.07) is 15.5. The van der Waals surface area contributed by atoms with Gasteiger partial charge < -0.3 is 18.8 Å². The minimum Gasteiger partial charge on any atom is -0.449 e. The van der Waals surface area contributed by atoms with Crippen molar-refractivity contribution in [1.29, 1.82) is 0 Å². The predicted octanol–water partition coefficient (Wildman–Crippen LogP) is 4.10. The first-order chi connectivity index (χ1) is 14.6. The Morgan fingerprint density at radius 3 is 2.63 bits per heavy atom. The molecule has 0 N–H and O–H groups in total. The van der Waals surface area contributed by atoms with Gasteiger partial charge in [0, 0.05) is 30.6 Å². The van der Waals surface area contributed by atoms with Crippen molar-refractivity contribution in [2.45, 2.75) is 39.5 Å². The van der Waals surface area contributed by atoms with Gasteiger partial charge in [0.05, 0.1) is 6.61 Å². The Kier molecular flexibility index (Phi) is 5.86. The predicted molar refractivity (Wildman–Crippen MR) is 112 cm³/mol. The first kappa shape index (κ1) is 20.2. The van der Waals surface area contributed by atoms with Crippen molar-refractivity contribution in [3.05, 3.63) is 71.0 Å². The lowest BCUT2D eigenvalue weighted by Crippen LogP contribution is -2.42. The van der Waals surface area contributed by atoms with E-state index in [9.17, 15) is 9.59 Å². The number of hydrogen-bond acceptors (Lipinski definition) is 5. The summed E-state index contributed by atoms with van der Waals surface area (Å²) >= 11 is 0. The van der Waals surface area contributed by atoms with Gasteiger partial charge in [-0.3, -0.25) is 4.79 Å². The number of carbonyl (C=O) groups excluding carboxylic acids is 2. The Balaban J connectivity index is 1.49. The molecule has 1 amide bonds. The van der Waals surface area contributed by atoms with Crippen LogP contribution in [0.15, 0.2) is 52.9 Å². The zero-order chi connectivity index (χ0) is 21.1. The van der Waals surface area contributed by atoms with Crippen molar-refractivity contribution in [3.63, 3.8) is 0 Å². The molecule has 0 aliphatic carbocycles. The highest BCUT2D eigenvalue weighted by Crippen LogP contribution is 2.28. The van der Waals surface area contributed by atoms with Gasteiger partial charge in [0.1, 0.15) is 5.58 Å². The fourth-order valence-corrected chi connectivity index (χ4v) is 3.82. The Morgan fingerprint density at radius 2 is 1.83 bits per heavy atom. The van der Waals surface area contributed by atoms with Crippen molar-refractivity contribution >= 4 is 22.8 Å². The lowest BCUT2D eigenvalue weighted by molar-refractivity contribution is -0.140. The van der Waals surface area contributed by atoms with E-state index in [1.165, 1.54) is 5.56 Å². The number of carbonyl (C=O) groups is 2. The van der Waals surface area contributed by atoms with E-state index >= 15 is 0 Å². The van der Waals surface area contributed by atoms with Crippen LogP contribution in [0.3, 0.4) is 0 Å². The molecule has 6 nitrogen and oxygen atoms in total. The second-order valence-corrected chi connectivity index (χ2v) is 7.37. The van der Waals surface area contributed by atoms with Crippen LogP contribution in [-0.2, 0) is 33.8 Å². The molecule has 1 aromatic heterocycles. The van der Waals surface area contributed by atoms with E-state index < -0.39 is 12.1 Å². The minimum atomic E-state index is -0.907. The highest BCUT2D eigenvalue weighted by atomic mass is 16.6. The topological polar surface area (TPSA) is 69.0 Å². The monoisotopic (exact) mass is 407 g/mol. The van der Waals surface area contributed by atoms with Gasteiger partial charge in [0.15, 0.2) is 6.10 Å². The molecular weight excluding hydrogens is 382 g/mol. The third kappa shape index (κ3) is 3.96.